The first-order valence-corrected chi connectivity index (χ1v) is 8.93. The third-order valence-corrected chi connectivity index (χ3v) is 4.66. The largest absolute Gasteiger partial charge is 0.392 e. The molecule has 1 aliphatic rings. The van der Waals surface area contributed by atoms with Gasteiger partial charge in [-0.1, -0.05) is 45.0 Å². The Kier molecular flexibility index (Phi) is 5.06. The van der Waals surface area contributed by atoms with Crippen LogP contribution in [-0.2, 0) is 12.0 Å². The summed E-state index contributed by atoms with van der Waals surface area (Å²) in [6.07, 6.45) is 1.64. The van der Waals surface area contributed by atoms with E-state index in [9.17, 15) is 9.90 Å². The smallest absolute Gasteiger partial charge is 0.251 e. The molecule has 0 spiro atoms. The molecule has 3 rings (SSSR count). The molecular formula is C20H27N3O2. The van der Waals surface area contributed by atoms with Gasteiger partial charge in [0.25, 0.3) is 5.56 Å². The van der Waals surface area contributed by atoms with Crippen LogP contribution >= 0.6 is 0 Å². The van der Waals surface area contributed by atoms with E-state index in [1.165, 1.54) is 0 Å². The molecule has 1 fully saturated rings. The lowest BCUT2D eigenvalue weighted by Gasteiger charge is -2.30. The summed E-state index contributed by atoms with van der Waals surface area (Å²) in [4.78, 5) is 22.0. The predicted octanol–water partition coefficient (Wildman–Crippen LogP) is 2.69. The van der Waals surface area contributed by atoms with Gasteiger partial charge in [-0.25, -0.2) is 4.98 Å². The van der Waals surface area contributed by atoms with Crippen molar-refractivity contribution in [1.29, 1.82) is 0 Å². The highest BCUT2D eigenvalue weighted by Crippen LogP contribution is 2.25. The molecule has 1 aliphatic heterocycles. The maximum absolute atomic E-state index is 12.1. The Morgan fingerprint density at radius 1 is 1.32 bits per heavy atom. The van der Waals surface area contributed by atoms with Crippen molar-refractivity contribution in [3.05, 3.63) is 51.9 Å². The highest BCUT2D eigenvalue weighted by molar-refractivity contribution is 5.60. The van der Waals surface area contributed by atoms with E-state index in [-0.39, 0.29) is 17.1 Å². The summed E-state index contributed by atoms with van der Waals surface area (Å²) >= 11 is 0. The predicted molar refractivity (Wildman–Crippen MR) is 99.5 cm³/mol. The molecule has 0 radical (unpaired) electrons. The average Bonchev–Trinajstić information content (AvgIpc) is 2.54. The number of nitrogens with one attached hydrogen (secondary N) is 1. The molecule has 0 amide bonds. The van der Waals surface area contributed by atoms with Crippen molar-refractivity contribution in [3.63, 3.8) is 0 Å². The van der Waals surface area contributed by atoms with Crippen molar-refractivity contribution in [2.45, 2.75) is 51.7 Å². The van der Waals surface area contributed by atoms with Crippen LogP contribution in [0.3, 0.4) is 0 Å². The fourth-order valence-corrected chi connectivity index (χ4v) is 3.27. The number of benzene rings is 1. The van der Waals surface area contributed by atoms with Gasteiger partial charge in [0.2, 0.25) is 0 Å². The van der Waals surface area contributed by atoms with Gasteiger partial charge in [0.15, 0.2) is 0 Å². The van der Waals surface area contributed by atoms with E-state index in [1.807, 2.05) is 18.2 Å². The second-order valence-corrected chi connectivity index (χ2v) is 7.92. The van der Waals surface area contributed by atoms with Gasteiger partial charge in [-0.05, 0) is 24.9 Å². The molecule has 25 heavy (non-hydrogen) atoms. The van der Waals surface area contributed by atoms with Crippen LogP contribution in [0, 0.1) is 0 Å². The Balaban J connectivity index is 1.96. The lowest BCUT2D eigenvalue weighted by Crippen LogP contribution is -2.37. The normalized spacial score (nSPS) is 19.1. The number of H-pyrrole nitrogens is 1. The molecular weight excluding hydrogens is 314 g/mol. The molecule has 1 atom stereocenters. The van der Waals surface area contributed by atoms with Gasteiger partial charge in [-0.15, -0.1) is 0 Å². The van der Waals surface area contributed by atoms with Gasteiger partial charge >= 0.3 is 0 Å². The minimum atomic E-state index is -0.247. The number of hydrogen-bond acceptors (Lipinski definition) is 4. The first-order valence-electron chi connectivity index (χ1n) is 8.93. The summed E-state index contributed by atoms with van der Waals surface area (Å²) < 4.78 is 0. The van der Waals surface area contributed by atoms with Crippen molar-refractivity contribution in [3.8, 4) is 11.4 Å². The van der Waals surface area contributed by atoms with E-state index >= 15 is 0 Å². The molecule has 5 heteroatoms. The van der Waals surface area contributed by atoms with Gasteiger partial charge < -0.3 is 10.1 Å². The Morgan fingerprint density at radius 3 is 2.80 bits per heavy atom. The maximum atomic E-state index is 12.1. The van der Waals surface area contributed by atoms with E-state index < -0.39 is 0 Å². The molecule has 0 unspecified atom stereocenters. The van der Waals surface area contributed by atoms with Crippen molar-refractivity contribution in [1.82, 2.24) is 14.9 Å². The Hall–Kier alpha value is -1.98. The van der Waals surface area contributed by atoms with Gasteiger partial charge in [0, 0.05) is 30.1 Å². The number of β-amino-alcohol motifs (C(OH)–C–C–N with tert-alkyl or cyclic N) is 1. The van der Waals surface area contributed by atoms with Gasteiger partial charge in [0.1, 0.15) is 5.82 Å². The lowest BCUT2D eigenvalue weighted by molar-refractivity contribution is 0.0669. The van der Waals surface area contributed by atoms with Gasteiger partial charge in [-0.3, -0.25) is 9.69 Å². The number of aliphatic hydroxyl groups excluding tert-OH is 1. The van der Waals surface area contributed by atoms with Crippen molar-refractivity contribution < 1.29 is 5.11 Å². The van der Waals surface area contributed by atoms with Gasteiger partial charge in [-0.2, -0.15) is 0 Å². The maximum Gasteiger partial charge on any atom is 0.251 e. The molecule has 0 bridgehead atoms. The number of hydrogen-bond donors (Lipinski definition) is 2. The molecule has 2 aromatic rings. The van der Waals surface area contributed by atoms with E-state index in [2.05, 4.69) is 36.7 Å². The van der Waals surface area contributed by atoms with Crippen LogP contribution in [0.25, 0.3) is 11.4 Å². The fourth-order valence-electron chi connectivity index (χ4n) is 3.27. The van der Waals surface area contributed by atoms with Crippen LogP contribution in [0.1, 0.15) is 44.9 Å². The van der Waals surface area contributed by atoms with Crippen LogP contribution in [0.2, 0.25) is 0 Å². The number of rotatable bonds is 3. The van der Waals surface area contributed by atoms with E-state index in [4.69, 9.17) is 4.98 Å². The standard InChI is InChI=1S/C20H27N3O2/c1-20(2,3)17-11-18(25)22-19(21-17)16-9-5-4-7-14(16)12-23-10-6-8-15(24)13-23/h4-5,7,9,11,15,24H,6,8,10,12-13H2,1-3H3,(H,21,22,25)/t15-/m1/s1. The Morgan fingerprint density at radius 2 is 2.08 bits per heavy atom. The minimum absolute atomic E-state index is 0.127. The van der Waals surface area contributed by atoms with Gasteiger partial charge in [0.05, 0.1) is 11.8 Å². The van der Waals surface area contributed by atoms with Crippen molar-refractivity contribution in [2.24, 2.45) is 0 Å². The van der Waals surface area contributed by atoms with Crippen molar-refractivity contribution in [2.75, 3.05) is 13.1 Å². The minimum Gasteiger partial charge on any atom is -0.392 e. The summed E-state index contributed by atoms with van der Waals surface area (Å²) in [5.41, 5.74) is 2.54. The summed E-state index contributed by atoms with van der Waals surface area (Å²) in [7, 11) is 0. The molecule has 1 aromatic heterocycles. The average molecular weight is 341 g/mol. The molecule has 2 heterocycles. The number of aromatic nitrogens is 2. The highest BCUT2D eigenvalue weighted by atomic mass is 16.3. The monoisotopic (exact) mass is 341 g/mol. The number of likely N-dealkylation sites (tertiary alicyclic amines) is 1. The summed E-state index contributed by atoms with van der Waals surface area (Å²) in [6, 6.07) is 9.62. The third-order valence-electron chi connectivity index (χ3n) is 4.66. The third kappa shape index (κ3) is 4.35. The number of aliphatic hydroxyl groups is 1. The fraction of sp³-hybridized carbons (Fsp3) is 0.500. The van der Waals surface area contributed by atoms with Crippen molar-refractivity contribution >= 4 is 0 Å². The lowest BCUT2D eigenvalue weighted by atomic mass is 9.92. The molecule has 5 nitrogen and oxygen atoms in total. The summed E-state index contributed by atoms with van der Waals surface area (Å²) in [5.74, 6) is 0.616. The zero-order valence-corrected chi connectivity index (χ0v) is 15.2. The first kappa shape index (κ1) is 17.8. The highest BCUT2D eigenvalue weighted by Gasteiger charge is 2.21. The van der Waals surface area contributed by atoms with Crippen LogP contribution in [0.15, 0.2) is 35.1 Å². The van der Waals surface area contributed by atoms with E-state index in [0.717, 1.165) is 42.8 Å². The van der Waals surface area contributed by atoms with Crippen LogP contribution < -0.4 is 5.56 Å². The number of piperidine rings is 1. The molecule has 134 valence electrons. The Bertz CT molecular complexity index is 792. The van der Waals surface area contributed by atoms with E-state index in [1.54, 1.807) is 6.07 Å². The first-order chi connectivity index (χ1) is 11.8. The topological polar surface area (TPSA) is 69.2 Å². The zero-order chi connectivity index (χ0) is 18.0. The summed E-state index contributed by atoms with van der Waals surface area (Å²) in [6.45, 7) is 8.59. The second kappa shape index (κ2) is 7.10. The SMILES string of the molecule is CC(C)(C)c1cc(=O)[nH]c(-c2ccccc2CN2CCC[C@@H](O)C2)n1. The van der Waals surface area contributed by atoms with Crippen LogP contribution in [0.5, 0.6) is 0 Å². The number of aromatic amines is 1. The molecule has 0 aliphatic carbocycles. The molecule has 2 N–H and O–H groups in total. The van der Waals surface area contributed by atoms with Crippen LogP contribution in [0.4, 0.5) is 0 Å². The van der Waals surface area contributed by atoms with E-state index in [0.29, 0.717) is 12.4 Å². The molecule has 1 saturated heterocycles. The quantitative estimate of drug-likeness (QED) is 0.901. The molecule has 0 saturated carbocycles. The van der Waals surface area contributed by atoms with Crippen LogP contribution in [-0.4, -0.2) is 39.2 Å². The Labute approximate surface area is 148 Å². The number of nitrogens with zero attached hydrogens (tertiary/aromatic N) is 2. The molecule has 1 aromatic carbocycles. The summed E-state index contributed by atoms with van der Waals surface area (Å²) in [5, 5.41) is 9.90. The second-order valence-electron chi connectivity index (χ2n) is 7.92. The zero-order valence-electron chi connectivity index (χ0n) is 15.2.